The molecule has 2 N–H and O–H groups in total. The highest BCUT2D eigenvalue weighted by molar-refractivity contribution is 5.97. The van der Waals surface area contributed by atoms with Gasteiger partial charge in [-0.15, -0.1) is 0 Å². The number of hydrogen-bond acceptors (Lipinski definition) is 3. The lowest BCUT2D eigenvalue weighted by molar-refractivity contribution is 0.0828. The Balaban J connectivity index is 2.24. The SMILES string of the molecule is CN(C)C(=O)c1ccc2c(c1)ncn2CCCCN. The Morgan fingerprint density at radius 2 is 2.16 bits per heavy atom. The van der Waals surface area contributed by atoms with Crippen molar-refractivity contribution in [1.82, 2.24) is 14.5 Å². The van der Waals surface area contributed by atoms with Gasteiger partial charge in [-0.05, 0) is 37.6 Å². The number of nitrogens with two attached hydrogens (primary N) is 1. The van der Waals surface area contributed by atoms with Gasteiger partial charge in [0.2, 0.25) is 0 Å². The molecule has 2 aromatic rings. The molecule has 0 aliphatic rings. The molecule has 0 aliphatic carbocycles. The molecule has 0 saturated heterocycles. The third kappa shape index (κ3) is 2.93. The van der Waals surface area contributed by atoms with E-state index in [-0.39, 0.29) is 5.91 Å². The third-order valence-corrected chi connectivity index (χ3v) is 3.13. The van der Waals surface area contributed by atoms with E-state index in [1.165, 1.54) is 0 Å². The molecule has 0 unspecified atom stereocenters. The minimum atomic E-state index is -0.000387. The topological polar surface area (TPSA) is 64.2 Å². The maximum atomic E-state index is 11.9. The van der Waals surface area contributed by atoms with Crippen LogP contribution in [0, 0.1) is 0 Å². The Hall–Kier alpha value is -1.88. The summed E-state index contributed by atoms with van der Waals surface area (Å²) in [4.78, 5) is 17.8. The zero-order valence-corrected chi connectivity index (χ0v) is 11.5. The van der Waals surface area contributed by atoms with Crippen LogP contribution in [0.1, 0.15) is 23.2 Å². The predicted molar refractivity (Wildman–Crippen MR) is 76.0 cm³/mol. The standard InChI is InChI=1S/C14H20N4O/c1-17(2)14(19)11-5-6-13-12(9-11)16-10-18(13)8-4-3-7-15/h5-6,9-10H,3-4,7-8,15H2,1-2H3. The number of benzene rings is 1. The highest BCUT2D eigenvalue weighted by Gasteiger charge is 2.10. The number of hydrogen-bond donors (Lipinski definition) is 1. The summed E-state index contributed by atoms with van der Waals surface area (Å²) in [6, 6.07) is 5.66. The molecule has 102 valence electrons. The Bertz CT molecular complexity index is 574. The van der Waals surface area contributed by atoms with Crippen molar-refractivity contribution in [3.8, 4) is 0 Å². The zero-order chi connectivity index (χ0) is 13.8. The van der Waals surface area contributed by atoms with Crippen molar-refractivity contribution in [3.63, 3.8) is 0 Å². The molecular weight excluding hydrogens is 240 g/mol. The minimum absolute atomic E-state index is 0.000387. The molecule has 1 aromatic heterocycles. The van der Waals surface area contributed by atoms with Gasteiger partial charge >= 0.3 is 0 Å². The van der Waals surface area contributed by atoms with E-state index < -0.39 is 0 Å². The first-order chi connectivity index (χ1) is 9.13. The number of nitrogens with zero attached hydrogens (tertiary/aromatic N) is 3. The van der Waals surface area contributed by atoms with Gasteiger partial charge in [0.1, 0.15) is 0 Å². The van der Waals surface area contributed by atoms with Gasteiger partial charge in [0.25, 0.3) is 5.91 Å². The highest BCUT2D eigenvalue weighted by atomic mass is 16.2. The summed E-state index contributed by atoms with van der Waals surface area (Å²) in [5, 5.41) is 0. The van der Waals surface area contributed by atoms with Gasteiger partial charge in [-0.2, -0.15) is 0 Å². The summed E-state index contributed by atoms with van der Waals surface area (Å²) < 4.78 is 2.11. The maximum absolute atomic E-state index is 11.9. The fourth-order valence-electron chi connectivity index (χ4n) is 2.06. The summed E-state index contributed by atoms with van der Waals surface area (Å²) >= 11 is 0. The van der Waals surface area contributed by atoms with E-state index in [0.717, 1.165) is 30.4 Å². The fourth-order valence-corrected chi connectivity index (χ4v) is 2.06. The molecule has 1 aromatic carbocycles. The highest BCUT2D eigenvalue weighted by Crippen LogP contribution is 2.16. The molecule has 2 rings (SSSR count). The van der Waals surface area contributed by atoms with E-state index in [1.807, 2.05) is 24.5 Å². The van der Waals surface area contributed by atoms with Gasteiger partial charge in [0, 0.05) is 26.2 Å². The molecule has 0 fully saturated rings. The molecule has 0 atom stereocenters. The Morgan fingerprint density at radius 3 is 2.84 bits per heavy atom. The van der Waals surface area contributed by atoms with Crippen LogP contribution in [0.5, 0.6) is 0 Å². The van der Waals surface area contributed by atoms with E-state index in [2.05, 4.69) is 9.55 Å². The van der Waals surface area contributed by atoms with Crippen molar-refractivity contribution in [2.45, 2.75) is 19.4 Å². The molecular formula is C14H20N4O. The van der Waals surface area contributed by atoms with Gasteiger partial charge in [-0.25, -0.2) is 4.98 Å². The Labute approximate surface area is 113 Å². The van der Waals surface area contributed by atoms with Gasteiger partial charge in [-0.1, -0.05) is 0 Å². The van der Waals surface area contributed by atoms with Crippen LogP contribution in [0.25, 0.3) is 11.0 Å². The predicted octanol–water partition coefficient (Wildman–Crippen LogP) is 1.48. The number of carbonyl (C=O) groups excluding carboxylic acids is 1. The number of carbonyl (C=O) groups is 1. The van der Waals surface area contributed by atoms with Crippen LogP contribution in [0.4, 0.5) is 0 Å². The van der Waals surface area contributed by atoms with Crippen molar-refractivity contribution in [3.05, 3.63) is 30.1 Å². The summed E-state index contributed by atoms with van der Waals surface area (Å²) in [6.45, 7) is 1.63. The monoisotopic (exact) mass is 260 g/mol. The summed E-state index contributed by atoms with van der Waals surface area (Å²) in [7, 11) is 3.50. The van der Waals surface area contributed by atoms with Crippen molar-refractivity contribution in [2.75, 3.05) is 20.6 Å². The van der Waals surface area contributed by atoms with E-state index in [1.54, 1.807) is 19.0 Å². The molecule has 0 aliphatic heterocycles. The summed E-state index contributed by atoms with van der Waals surface area (Å²) in [5.74, 6) is -0.000387. The fraction of sp³-hybridized carbons (Fsp3) is 0.429. The Kier molecular flexibility index (Phi) is 4.16. The van der Waals surface area contributed by atoms with Crippen LogP contribution in [0.3, 0.4) is 0 Å². The van der Waals surface area contributed by atoms with Gasteiger partial charge in [0.15, 0.2) is 0 Å². The van der Waals surface area contributed by atoms with Crippen molar-refractivity contribution in [1.29, 1.82) is 0 Å². The smallest absolute Gasteiger partial charge is 0.253 e. The first kappa shape index (κ1) is 13.5. The van der Waals surface area contributed by atoms with Crippen LogP contribution in [-0.2, 0) is 6.54 Å². The van der Waals surface area contributed by atoms with Crippen LogP contribution in [0.15, 0.2) is 24.5 Å². The van der Waals surface area contributed by atoms with Crippen molar-refractivity contribution >= 4 is 16.9 Å². The lowest BCUT2D eigenvalue weighted by Crippen LogP contribution is -2.21. The van der Waals surface area contributed by atoms with E-state index in [9.17, 15) is 4.79 Å². The molecule has 5 heteroatoms. The number of rotatable bonds is 5. The molecule has 1 amide bonds. The van der Waals surface area contributed by atoms with Gasteiger partial charge in [0.05, 0.1) is 17.4 Å². The molecule has 5 nitrogen and oxygen atoms in total. The third-order valence-electron chi connectivity index (χ3n) is 3.13. The van der Waals surface area contributed by atoms with E-state index >= 15 is 0 Å². The number of aromatic nitrogens is 2. The Morgan fingerprint density at radius 1 is 1.37 bits per heavy atom. The van der Waals surface area contributed by atoms with Crippen molar-refractivity contribution in [2.24, 2.45) is 5.73 Å². The second kappa shape index (κ2) is 5.84. The summed E-state index contributed by atoms with van der Waals surface area (Å²) in [6.07, 6.45) is 3.88. The number of imidazole rings is 1. The minimum Gasteiger partial charge on any atom is -0.345 e. The van der Waals surface area contributed by atoms with Gasteiger partial charge in [-0.3, -0.25) is 4.79 Å². The first-order valence-electron chi connectivity index (χ1n) is 6.50. The maximum Gasteiger partial charge on any atom is 0.253 e. The second-order valence-electron chi connectivity index (χ2n) is 4.84. The largest absolute Gasteiger partial charge is 0.345 e. The number of amides is 1. The number of fused-ring (bicyclic) bond motifs is 1. The average Bonchev–Trinajstić information content (AvgIpc) is 2.80. The number of aryl methyl sites for hydroxylation is 1. The molecule has 0 bridgehead atoms. The average molecular weight is 260 g/mol. The van der Waals surface area contributed by atoms with Crippen LogP contribution in [-0.4, -0.2) is 41.0 Å². The van der Waals surface area contributed by atoms with E-state index in [4.69, 9.17) is 5.73 Å². The van der Waals surface area contributed by atoms with E-state index in [0.29, 0.717) is 12.1 Å². The summed E-state index contributed by atoms with van der Waals surface area (Å²) in [5.41, 5.74) is 8.09. The first-order valence-corrected chi connectivity index (χ1v) is 6.50. The molecule has 1 heterocycles. The quantitative estimate of drug-likeness (QED) is 0.828. The molecule has 0 spiro atoms. The van der Waals surface area contributed by atoms with Crippen LogP contribution >= 0.6 is 0 Å². The molecule has 0 radical (unpaired) electrons. The van der Waals surface area contributed by atoms with Crippen molar-refractivity contribution < 1.29 is 4.79 Å². The van der Waals surface area contributed by atoms with Crippen LogP contribution < -0.4 is 5.73 Å². The normalized spacial score (nSPS) is 10.9. The number of unbranched alkanes of at least 4 members (excludes halogenated alkanes) is 1. The molecule has 0 saturated carbocycles. The zero-order valence-electron chi connectivity index (χ0n) is 11.5. The van der Waals surface area contributed by atoms with Gasteiger partial charge < -0.3 is 15.2 Å². The lowest BCUT2D eigenvalue weighted by Gasteiger charge is -2.10. The lowest BCUT2D eigenvalue weighted by atomic mass is 10.2. The van der Waals surface area contributed by atoms with Crippen LogP contribution in [0.2, 0.25) is 0 Å². The second-order valence-corrected chi connectivity index (χ2v) is 4.84. The molecule has 19 heavy (non-hydrogen) atoms.